The number of hydrogen-bond donors (Lipinski definition) is 1. The first kappa shape index (κ1) is 22.6. The maximum absolute atomic E-state index is 13.8. The Labute approximate surface area is 190 Å². The van der Waals surface area contributed by atoms with Crippen LogP contribution in [0.4, 0.5) is 5.69 Å². The highest BCUT2D eigenvalue weighted by Crippen LogP contribution is 2.34. The number of ether oxygens (including phenoxy) is 1. The molecule has 32 heavy (non-hydrogen) atoms. The number of nitrogens with zero attached hydrogens (tertiary/aromatic N) is 3. The predicted octanol–water partition coefficient (Wildman–Crippen LogP) is 2.71. The second-order valence-electron chi connectivity index (χ2n) is 8.60. The van der Waals surface area contributed by atoms with E-state index in [2.05, 4.69) is 21.2 Å². The molecule has 0 amide bonds. The highest BCUT2D eigenvalue weighted by atomic mass is 32.2. The molecule has 172 valence electrons. The van der Waals surface area contributed by atoms with Crippen LogP contribution in [0.15, 0.2) is 47.5 Å². The fourth-order valence-corrected chi connectivity index (χ4v) is 5.63. The molecular weight excluding hydrogens is 424 g/mol. The number of fused-ring (bicyclic) bond motifs is 1. The zero-order valence-electron chi connectivity index (χ0n) is 19.3. The lowest BCUT2D eigenvalue weighted by molar-refractivity contribution is 0.412. The second kappa shape index (κ2) is 9.13. The standard InChI is InChI=1S/C24H32N4O3S/c1-18-5-7-22-21(15-18)19(9-12-26(2)3)17-28(22)32(29,30)20-6-8-24(31-4)23(16-20)27-13-10-25-11-14-27/h5-8,15-17,25H,9-14H2,1-4H3. The summed E-state index contributed by atoms with van der Waals surface area (Å²) in [5.41, 5.74) is 3.68. The van der Waals surface area contributed by atoms with Crippen molar-refractivity contribution in [3.05, 3.63) is 53.7 Å². The maximum atomic E-state index is 13.8. The zero-order chi connectivity index (χ0) is 22.9. The third kappa shape index (κ3) is 4.35. The molecule has 0 aliphatic carbocycles. The number of hydrogen-bond acceptors (Lipinski definition) is 6. The van der Waals surface area contributed by atoms with Crippen molar-refractivity contribution in [2.75, 3.05) is 58.8 Å². The van der Waals surface area contributed by atoms with E-state index in [1.54, 1.807) is 31.5 Å². The van der Waals surface area contributed by atoms with Gasteiger partial charge in [0.2, 0.25) is 0 Å². The lowest BCUT2D eigenvalue weighted by Gasteiger charge is -2.30. The summed E-state index contributed by atoms with van der Waals surface area (Å²) < 4.78 is 34.6. The lowest BCUT2D eigenvalue weighted by Crippen LogP contribution is -2.43. The third-order valence-corrected chi connectivity index (χ3v) is 7.67. The van der Waals surface area contributed by atoms with Crippen LogP contribution in [0, 0.1) is 6.92 Å². The number of aryl methyl sites for hydroxylation is 1. The number of methoxy groups -OCH3 is 1. The minimum Gasteiger partial charge on any atom is -0.495 e. The molecule has 8 heteroatoms. The summed E-state index contributed by atoms with van der Waals surface area (Å²) in [6, 6.07) is 11.1. The van der Waals surface area contributed by atoms with Crippen molar-refractivity contribution >= 4 is 26.6 Å². The van der Waals surface area contributed by atoms with Gasteiger partial charge in [-0.25, -0.2) is 12.4 Å². The largest absolute Gasteiger partial charge is 0.495 e. The molecule has 1 N–H and O–H groups in total. The molecule has 1 fully saturated rings. The summed E-state index contributed by atoms with van der Waals surface area (Å²) >= 11 is 0. The van der Waals surface area contributed by atoms with E-state index >= 15 is 0 Å². The molecule has 4 rings (SSSR count). The number of rotatable bonds is 7. The molecule has 2 heterocycles. The topological polar surface area (TPSA) is 66.8 Å². The van der Waals surface area contributed by atoms with Gasteiger partial charge in [-0.1, -0.05) is 11.6 Å². The first-order valence-electron chi connectivity index (χ1n) is 11.0. The van der Waals surface area contributed by atoms with Crippen LogP contribution in [0.25, 0.3) is 10.9 Å². The minimum atomic E-state index is -3.78. The van der Waals surface area contributed by atoms with Gasteiger partial charge < -0.3 is 19.9 Å². The van der Waals surface area contributed by atoms with Crippen LogP contribution in [0.1, 0.15) is 11.1 Å². The SMILES string of the molecule is COc1ccc(S(=O)(=O)n2cc(CCN(C)C)c3cc(C)ccc32)cc1N1CCNCC1. The van der Waals surface area contributed by atoms with Crippen molar-refractivity contribution < 1.29 is 13.2 Å². The molecule has 0 atom stereocenters. The Kier molecular flexibility index (Phi) is 6.46. The van der Waals surface area contributed by atoms with E-state index in [-0.39, 0.29) is 4.90 Å². The first-order valence-corrected chi connectivity index (χ1v) is 12.4. The quantitative estimate of drug-likeness (QED) is 0.590. The second-order valence-corrected chi connectivity index (χ2v) is 10.4. The van der Waals surface area contributed by atoms with E-state index in [4.69, 9.17) is 4.74 Å². The summed E-state index contributed by atoms with van der Waals surface area (Å²) in [7, 11) is 1.89. The van der Waals surface area contributed by atoms with Gasteiger partial charge in [-0.2, -0.15) is 0 Å². The lowest BCUT2D eigenvalue weighted by atomic mass is 10.1. The van der Waals surface area contributed by atoms with E-state index in [0.29, 0.717) is 11.3 Å². The molecular formula is C24H32N4O3S. The number of aromatic nitrogens is 1. The van der Waals surface area contributed by atoms with Crippen LogP contribution in [0.5, 0.6) is 5.75 Å². The van der Waals surface area contributed by atoms with E-state index in [9.17, 15) is 8.42 Å². The van der Waals surface area contributed by atoms with Crippen molar-refractivity contribution in [2.24, 2.45) is 0 Å². The summed E-state index contributed by atoms with van der Waals surface area (Å²) in [5.74, 6) is 0.686. The van der Waals surface area contributed by atoms with Crippen molar-refractivity contribution in [1.29, 1.82) is 0 Å². The van der Waals surface area contributed by atoms with Crippen LogP contribution < -0.4 is 15.0 Å². The molecule has 0 bridgehead atoms. The van der Waals surface area contributed by atoms with Gasteiger partial charge in [-0.05, 0) is 63.3 Å². The Morgan fingerprint density at radius 1 is 1.09 bits per heavy atom. The molecule has 0 radical (unpaired) electrons. The third-order valence-electron chi connectivity index (χ3n) is 6.00. The van der Waals surface area contributed by atoms with E-state index in [1.807, 2.05) is 33.2 Å². The van der Waals surface area contributed by atoms with E-state index in [1.165, 1.54) is 3.97 Å². The van der Waals surface area contributed by atoms with Gasteiger partial charge in [-0.3, -0.25) is 0 Å². The molecule has 1 aliphatic heterocycles. The number of piperazine rings is 1. The number of likely N-dealkylation sites (N-methyl/N-ethyl adjacent to an activating group) is 1. The average molecular weight is 457 g/mol. The summed E-state index contributed by atoms with van der Waals surface area (Å²) in [6.45, 7) is 6.21. The molecule has 0 saturated carbocycles. The van der Waals surface area contributed by atoms with Crippen LogP contribution in [-0.4, -0.2) is 71.2 Å². The van der Waals surface area contributed by atoms with Gasteiger partial charge in [0.1, 0.15) is 5.75 Å². The van der Waals surface area contributed by atoms with Crippen molar-refractivity contribution in [2.45, 2.75) is 18.2 Å². The Balaban J connectivity index is 1.81. The smallest absolute Gasteiger partial charge is 0.268 e. The van der Waals surface area contributed by atoms with Gasteiger partial charge in [0, 0.05) is 44.3 Å². The van der Waals surface area contributed by atoms with Crippen LogP contribution in [-0.2, 0) is 16.4 Å². The molecule has 0 spiro atoms. The first-order chi connectivity index (χ1) is 15.3. The summed E-state index contributed by atoms with van der Waals surface area (Å²) in [4.78, 5) is 4.55. The molecule has 2 aromatic carbocycles. The predicted molar refractivity (Wildman–Crippen MR) is 130 cm³/mol. The Morgan fingerprint density at radius 3 is 2.53 bits per heavy atom. The normalized spacial score (nSPS) is 15.0. The molecule has 1 aliphatic rings. The van der Waals surface area contributed by atoms with Crippen LogP contribution >= 0.6 is 0 Å². The molecule has 1 saturated heterocycles. The van der Waals surface area contributed by atoms with E-state index < -0.39 is 10.0 Å². The van der Waals surface area contributed by atoms with Gasteiger partial charge in [0.05, 0.1) is 23.2 Å². The van der Waals surface area contributed by atoms with Gasteiger partial charge in [0.15, 0.2) is 0 Å². The van der Waals surface area contributed by atoms with Crippen LogP contribution in [0.3, 0.4) is 0 Å². The zero-order valence-corrected chi connectivity index (χ0v) is 20.1. The Hall–Kier alpha value is -2.55. The highest BCUT2D eigenvalue weighted by Gasteiger charge is 2.24. The van der Waals surface area contributed by atoms with E-state index in [0.717, 1.165) is 61.3 Å². The van der Waals surface area contributed by atoms with Crippen molar-refractivity contribution in [3.8, 4) is 5.75 Å². The van der Waals surface area contributed by atoms with Gasteiger partial charge >= 0.3 is 0 Å². The van der Waals surface area contributed by atoms with Crippen LogP contribution in [0.2, 0.25) is 0 Å². The van der Waals surface area contributed by atoms with Gasteiger partial charge in [0.25, 0.3) is 10.0 Å². The molecule has 7 nitrogen and oxygen atoms in total. The maximum Gasteiger partial charge on any atom is 0.268 e. The molecule has 3 aromatic rings. The van der Waals surface area contributed by atoms with Crippen molar-refractivity contribution in [3.63, 3.8) is 0 Å². The summed E-state index contributed by atoms with van der Waals surface area (Å²) in [5, 5.41) is 4.32. The summed E-state index contributed by atoms with van der Waals surface area (Å²) in [6.07, 6.45) is 2.57. The Morgan fingerprint density at radius 2 is 1.84 bits per heavy atom. The number of benzene rings is 2. The number of nitrogens with one attached hydrogen (secondary N) is 1. The highest BCUT2D eigenvalue weighted by molar-refractivity contribution is 7.90. The Bertz CT molecular complexity index is 1210. The number of anilines is 1. The fourth-order valence-electron chi connectivity index (χ4n) is 4.22. The minimum absolute atomic E-state index is 0.267. The van der Waals surface area contributed by atoms with Gasteiger partial charge in [-0.15, -0.1) is 0 Å². The fraction of sp³-hybridized carbons (Fsp3) is 0.417. The molecule has 1 aromatic heterocycles. The van der Waals surface area contributed by atoms with Crippen molar-refractivity contribution in [1.82, 2.24) is 14.2 Å². The average Bonchev–Trinajstić information content (AvgIpc) is 3.16. The monoisotopic (exact) mass is 456 g/mol. The molecule has 0 unspecified atom stereocenters.